The van der Waals surface area contributed by atoms with Crippen LogP contribution in [-0.4, -0.2) is 53.8 Å². The lowest BCUT2D eigenvalue weighted by atomic mass is 10.0. The number of anilines is 1. The van der Waals surface area contributed by atoms with Crippen molar-refractivity contribution in [1.29, 1.82) is 0 Å². The first-order chi connectivity index (χ1) is 11.8. The number of hydrogen-bond donors (Lipinski definition) is 1. The summed E-state index contributed by atoms with van der Waals surface area (Å²) >= 11 is 0. The average molecular weight is 343 g/mol. The van der Waals surface area contributed by atoms with Crippen molar-refractivity contribution in [2.45, 2.75) is 20.3 Å². The van der Waals surface area contributed by atoms with E-state index in [-0.39, 0.29) is 5.56 Å². The van der Waals surface area contributed by atoms with Crippen molar-refractivity contribution in [3.05, 3.63) is 39.2 Å². The molecule has 2 heterocycles. The Morgan fingerprint density at radius 1 is 1.16 bits per heavy atom. The zero-order valence-electron chi connectivity index (χ0n) is 15.3. The molecule has 0 unspecified atom stereocenters. The second kappa shape index (κ2) is 6.52. The van der Waals surface area contributed by atoms with E-state index in [9.17, 15) is 14.7 Å². The van der Waals surface area contributed by atoms with Crippen LogP contribution in [0.4, 0.5) is 5.69 Å². The summed E-state index contributed by atoms with van der Waals surface area (Å²) < 4.78 is 1.82. The molecule has 2 aromatic rings. The minimum Gasteiger partial charge on any atom is -0.477 e. The first kappa shape index (κ1) is 17.5. The maximum absolute atomic E-state index is 12.7. The average Bonchev–Trinajstić information content (AvgIpc) is 2.59. The second-order valence-corrected chi connectivity index (χ2v) is 6.80. The molecule has 6 heteroatoms. The number of pyridine rings is 1. The molecule has 0 radical (unpaired) electrons. The van der Waals surface area contributed by atoms with Crippen molar-refractivity contribution < 1.29 is 9.90 Å². The number of aryl methyl sites for hydroxylation is 2. The number of likely N-dealkylation sites (N-methyl/N-ethyl adjacent to an activating group) is 1. The fourth-order valence-corrected chi connectivity index (χ4v) is 3.61. The van der Waals surface area contributed by atoms with Crippen LogP contribution in [0.5, 0.6) is 0 Å². The quantitative estimate of drug-likeness (QED) is 0.921. The van der Waals surface area contributed by atoms with Gasteiger partial charge in [-0.2, -0.15) is 0 Å². The van der Waals surface area contributed by atoms with Gasteiger partial charge in [-0.1, -0.05) is 6.92 Å². The van der Waals surface area contributed by atoms with E-state index in [0.717, 1.165) is 49.4 Å². The Hall–Kier alpha value is -2.34. The normalized spacial score (nSPS) is 15.8. The van der Waals surface area contributed by atoms with Crippen LogP contribution in [0, 0.1) is 6.92 Å². The van der Waals surface area contributed by atoms with Gasteiger partial charge in [0.1, 0.15) is 5.56 Å². The van der Waals surface area contributed by atoms with Crippen LogP contribution in [0.25, 0.3) is 10.9 Å². The topological polar surface area (TPSA) is 65.8 Å². The number of aromatic carboxylic acids is 1. The summed E-state index contributed by atoms with van der Waals surface area (Å²) in [5, 5.41) is 9.90. The molecular formula is C19H25N3O3. The van der Waals surface area contributed by atoms with Crippen LogP contribution in [0.15, 0.2) is 16.9 Å². The molecule has 1 N–H and O–H groups in total. The van der Waals surface area contributed by atoms with E-state index in [2.05, 4.69) is 29.8 Å². The molecule has 0 atom stereocenters. The molecule has 6 nitrogen and oxygen atoms in total. The van der Waals surface area contributed by atoms with Crippen molar-refractivity contribution >= 4 is 22.6 Å². The molecule has 0 bridgehead atoms. The lowest BCUT2D eigenvalue weighted by molar-refractivity contribution is 0.0694. The highest BCUT2D eigenvalue weighted by Gasteiger charge is 2.22. The predicted octanol–water partition coefficient (Wildman–Crippen LogP) is 1.86. The van der Waals surface area contributed by atoms with Crippen molar-refractivity contribution in [2.24, 2.45) is 7.05 Å². The Kier molecular flexibility index (Phi) is 4.56. The molecule has 1 aromatic heterocycles. The number of hydrogen-bond acceptors (Lipinski definition) is 4. The van der Waals surface area contributed by atoms with Crippen LogP contribution in [0.1, 0.15) is 28.5 Å². The molecule has 134 valence electrons. The van der Waals surface area contributed by atoms with Gasteiger partial charge < -0.3 is 19.5 Å². The molecule has 0 amide bonds. The Balaban J connectivity index is 2.25. The van der Waals surface area contributed by atoms with E-state index in [4.69, 9.17) is 0 Å². The lowest BCUT2D eigenvalue weighted by Gasteiger charge is -2.35. The molecule has 3 rings (SSSR count). The fraction of sp³-hybridized carbons (Fsp3) is 0.474. The number of rotatable bonds is 3. The van der Waals surface area contributed by atoms with E-state index in [1.165, 1.54) is 0 Å². The number of benzene rings is 1. The number of carboxylic acid groups (broad SMARTS) is 1. The van der Waals surface area contributed by atoms with Crippen LogP contribution < -0.4 is 10.3 Å². The molecule has 0 saturated carbocycles. The zero-order chi connectivity index (χ0) is 18.3. The third kappa shape index (κ3) is 2.91. The summed E-state index contributed by atoms with van der Waals surface area (Å²) in [6.45, 7) is 7.68. The van der Waals surface area contributed by atoms with Gasteiger partial charge in [-0.25, -0.2) is 4.79 Å². The fourth-order valence-electron chi connectivity index (χ4n) is 3.61. The van der Waals surface area contributed by atoms with Crippen LogP contribution in [0.3, 0.4) is 0 Å². The van der Waals surface area contributed by atoms with E-state index in [1.54, 1.807) is 6.92 Å². The summed E-state index contributed by atoms with van der Waals surface area (Å²) in [5.41, 5.74) is 2.99. The number of piperazine rings is 1. The molecule has 0 spiro atoms. The minimum atomic E-state index is -1.17. The summed E-state index contributed by atoms with van der Waals surface area (Å²) in [5.74, 6) is -1.17. The second-order valence-electron chi connectivity index (χ2n) is 6.80. The van der Waals surface area contributed by atoms with Crippen molar-refractivity contribution in [3.63, 3.8) is 0 Å². The smallest absolute Gasteiger partial charge is 0.341 e. The van der Waals surface area contributed by atoms with E-state index >= 15 is 0 Å². The maximum atomic E-state index is 12.7. The van der Waals surface area contributed by atoms with Gasteiger partial charge in [0.2, 0.25) is 5.43 Å². The van der Waals surface area contributed by atoms with Gasteiger partial charge in [-0.05, 0) is 38.1 Å². The highest BCUT2D eigenvalue weighted by atomic mass is 16.4. The lowest BCUT2D eigenvalue weighted by Crippen LogP contribution is -2.44. The zero-order valence-corrected chi connectivity index (χ0v) is 15.3. The molecule has 1 saturated heterocycles. The van der Waals surface area contributed by atoms with Gasteiger partial charge in [0.15, 0.2) is 0 Å². The highest BCUT2D eigenvalue weighted by molar-refractivity contribution is 5.95. The molecule has 1 fully saturated rings. The maximum Gasteiger partial charge on any atom is 0.341 e. The van der Waals surface area contributed by atoms with Gasteiger partial charge in [0.05, 0.1) is 5.52 Å². The van der Waals surface area contributed by atoms with E-state index in [0.29, 0.717) is 11.1 Å². The van der Waals surface area contributed by atoms with E-state index in [1.807, 2.05) is 17.7 Å². The summed E-state index contributed by atoms with van der Waals surface area (Å²) in [4.78, 5) is 28.9. The first-order valence-electron chi connectivity index (χ1n) is 8.68. The Labute approximate surface area is 147 Å². The Morgan fingerprint density at radius 3 is 2.36 bits per heavy atom. The monoisotopic (exact) mass is 343 g/mol. The standard InChI is InChI=1S/C19H25N3O3/c1-5-13-10-14-16(11-15(13)22-8-6-20(3)7-9-22)21(4)12(2)17(18(14)23)19(24)25/h10-11H,5-9H2,1-4H3,(H,24,25). The van der Waals surface area contributed by atoms with Crippen LogP contribution in [-0.2, 0) is 13.5 Å². The van der Waals surface area contributed by atoms with Crippen LogP contribution in [0.2, 0.25) is 0 Å². The van der Waals surface area contributed by atoms with E-state index < -0.39 is 11.4 Å². The number of carboxylic acids is 1. The number of fused-ring (bicyclic) bond motifs is 1. The Morgan fingerprint density at radius 2 is 1.80 bits per heavy atom. The predicted molar refractivity (Wildman–Crippen MR) is 100.0 cm³/mol. The molecule has 0 aliphatic carbocycles. The van der Waals surface area contributed by atoms with Gasteiger partial charge in [0.25, 0.3) is 0 Å². The van der Waals surface area contributed by atoms with Gasteiger partial charge in [0, 0.05) is 50.0 Å². The molecule has 1 aromatic carbocycles. The SMILES string of the molecule is CCc1cc2c(=O)c(C(=O)O)c(C)n(C)c2cc1N1CCN(C)CC1. The molecule has 1 aliphatic rings. The summed E-state index contributed by atoms with van der Waals surface area (Å²) in [6, 6.07) is 3.94. The summed E-state index contributed by atoms with van der Waals surface area (Å²) in [6.07, 6.45) is 0.803. The van der Waals surface area contributed by atoms with Crippen molar-refractivity contribution in [1.82, 2.24) is 9.47 Å². The first-order valence-corrected chi connectivity index (χ1v) is 8.68. The number of carbonyl (C=O) groups is 1. The van der Waals surface area contributed by atoms with Crippen LogP contribution >= 0.6 is 0 Å². The third-order valence-electron chi connectivity index (χ3n) is 5.33. The van der Waals surface area contributed by atoms with Gasteiger partial charge in [-0.3, -0.25) is 4.79 Å². The molecule has 25 heavy (non-hydrogen) atoms. The summed E-state index contributed by atoms with van der Waals surface area (Å²) in [7, 11) is 3.95. The van der Waals surface area contributed by atoms with Gasteiger partial charge in [-0.15, -0.1) is 0 Å². The van der Waals surface area contributed by atoms with Crippen molar-refractivity contribution in [3.8, 4) is 0 Å². The largest absolute Gasteiger partial charge is 0.477 e. The van der Waals surface area contributed by atoms with Crippen molar-refractivity contribution in [2.75, 3.05) is 38.1 Å². The molecule has 1 aliphatic heterocycles. The third-order valence-corrected chi connectivity index (χ3v) is 5.33. The Bertz CT molecular complexity index is 893. The molecular weight excluding hydrogens is 318 g/mol. The van der Waals surface area contributed by atoms with Gasteiger partial charge >= 0.3 is 5.97 Å². The number of aromatic nitrogens is 1. The highest BCUT2D eigenvalue weighted by Crippen LogP contribution is 2.28. The number of nitrogens with zero attached hydrogens (tertiary/aromatic N) is 3. The minimum absolute atomic E-state index is 0.135.